The SMILES string of the molecule is Cc1n[n+](C)c(-c2cc(C(C)(C)C)c3ccccc3c2C)c[c]1[Bi]([c]1ccccc1)[c]1ccccc1. The van der Waals surface area contributed by atoms with Crippen molar-refractivity contribution in [2.24, 2.45) is 7.05 Å². The summed E-state index contributed by atoms with van der Waals surface area (Å²) in [4.78, 5) is 0. The van der Waals surface area contributed by atoms with Crippen LogP contribution >= 0.6 is 0 Å². The molecule has 36 heavy (non-hydrogen) atoms. The van der Waals surface area contributed by atoms with Crippen molar-refractivity contribution < 1.29 is 4.68 Å². The van der Waals surface area contributed by atoms with Crippen molar-refractivity contribution in [3.63, 3.8) is 0 Å². The Balaban J connectivity index is 1.79. The Kier molecular flexibility index (Phi) is 6.79. The number of fused-ring (bicyclic) bond motifs is 1. The fraction of sp³-hybridized carbons (Fsp3) is 0.212. The maximum atomic E-state index is 5.10. The van der Waals surface area contributed by atoms with Crippen LogP contribution in [0.1, 0.15) is 37.6 Å². The summed E-state index contributed by atoms with van der Waals surface area (Å²) in [5.74, 6) is 0. The minimum atomic E-state index is -2.56. The zero-order chi connectivity index (χ0) is 25.4. The predicted molar refractivity (Wildman–Crippen MR) is 154 cm³/mol. The topological polar surface area (TPSA) is 16.8 Å². The molecule has 180 valence electrons. The average molecular weight is 668 g/mol. The maximum absolute atomic E-state index is 5.10. The summed E-state index contributed by atoms with van der Waals surface area (Å²) in [6.45, 7) is 11.4. The summed E-state index contributed by atoms with van der Waals surface area (Å²) >= 11 is -2.56. The molecule has 0 radical (unpaired) electrons. The standard InChI is InChI=1S/C21H24N2.2C6H5.Bi/c1-14-11-12-20(23(6)22-14)18-13-19(21(3,4)5)17-10-8-7-9-16(17)15(18)2;2*1-2-4-6-5-3-1;/h7-10,12-13H,1-6H3;2*1-5H;/q+1;;;. The summed E-state index contributed by atoms with van der Waals surface area (Å²) in [5, 5.41) is 7.78. The second-order valence-electron chi connectivity index (χ2n) is 10.5. The van der Waals surface area contributed by atoms with Crippen LogP contribution in [0.25, 0.3) is 22.0 Å². The molecule has 2 nitrogen and oxygen atoms in total. The molecule has 5 rings (SSSR count). The van der Waals surface area contributed by atoms with Gasteiger partial charge in [-0.15, -0.1) is 0 Å². The van der Waals surface area contributed by atoms with E-state index < -0.39 is 21.8 Å². The molecule has 1 aromatic heterocycles. The number of hydrogen-bond acceptors (Lipinski definition) is 1. The van der Waals surface area contributed by atoms with E-state index >= 15 is 0 Å². The van der Waals surface area contributed by atoms with Gasteiger partial charge in [0.15, 0.2) is 0 Å². The van der Waals surface area contributed by atoms with Crippen LogP contribution in [0.5, 0.6) is 0 Å². The number of aryl methyl sites for hydroxylation is 3. The fourth-order valence-electron chi connectivity index (χ4n) is 5.12. The molecular formula is C33H34BiN2+. The molecule has 0 atom stereocenters. The fourth-order valence-corrected chi connectivity index (χ4v) is 14.5. The first-order chi connectivity index (χ1) is 17.3. The van der Waals surface area contributed by atoms with Crippen molar-refractivity contribution in [3.05, 3.63) is 114 Å². The van der Waals surface area contributed by atoms with Gasteiger partial charge in [0.2, 0.25) is 0 Å². The van der Waals surface area contributed by atoms with Crippen molar-refractivity contribution in [2.45, 2.75) is 40.0 Å². The molecule has 5 aromatic rings. The minimum absolute atomic E-state index is 0.0387. The van der Waals surface area contributed by atoms with Crippen LogP contribution < -0.4 is 14.5 Å². The third kappa shape index (κ3) is 4.62. The van der Waals surface area contributed by atoms with Crippen LogP contribution in [0.2, 0.25) is 0 Å². The number of benzene rings is 4. The van der Waals surface area contributed by atoms with Crippen molar-refractivity contribution in [1.29, 1.82) is 0 Å². The van der Waals surface area contributed by atoms with Crippen LogP contribution in [-0.4, -0.2) is 26.8 Å². The van der Waals surface area contributed by atoms with Gasteiger partial charge in [-0.1, -0.05) is 0 Å². The van der Waals surface area contributed by atoms with E-state index in [0.29, 0.717) is 0 Å². The second-order valence-corrected chi connectivity index (χ2v) is 19.0. The summed E-state index contributed by atoms with van der Waals surface area (Å²) in [7, 11) is 2.09. The summed E-state index contributed by atoms with van der Waals surface area (Å²) in [5.41, 5.74) is 6.34. The summed E-state index contributed by atoms with van der Waals surface area (Å²) in [6, 6.07) is 35.9. The van der Waals surface area contributed by atoms with Crippen molar-refractivity contribution in [1.82, 2.24) is 5.10 Å². The first-order valence-electron chi connectivity index (χ1n) is 12.6. The molecule has 4 aromatic carbocycles. The molecule has 0 N–H and O–H groups in total. The first-order valence-corrected chi connectivity index (χ1v) is 17.8. The number of hydrogen-bond donors (Lipinski definition) is 0. The predicted octanol–water partition coefficient (Wildman–Crippen LogP) is 5.16. The quantitative estimate of drug-likeness (QED) is 0.191. The van der Waals surface area contributed by atoms with E-state index in [1.165, 1.54) is 43.0 Å². The Labute approximate surface area is 223 Å². The molecule has 1 heterocycles. The van der Waals surface area contributed by atoms with E-state index in [1.807, 2.05) is 0 Å². The van der Waals surface area contributed by atoms with Crippen molar-refractivity contribution in [2.75, 3.05) is 0 Å². The van der Waals surface area contributed by atoms with E-state index in [2.05, 4.69) is 143 Å². The molecule has 0 amide bonds. The van der Waals surface area contributed by atoms with E-state index in [1.54, 1.807) is 0 Å². The van der Waals surface area contributed by atoms with E-state index in [0.717, 1.165) is 5.69 Å². The van der Waals surface area contributed by atoms with E-state index in [4.69, 9.17) is 5.10 Å². The van der Waals surface area contributed by atoms with E-state index in [9.17, 15) is 0 Å². The number of rotatable bonds is 4. The van der Waals surface area contributed by atoms with E-state index in [-0.39, 0.29) is 5.41 Å². The molecule has 0 aliphatic rings. The van der Waals surface area contributed by atoms with Gasteiger partial charge in [-0.25, -0.2) is 0 Å². The number of nitrogens with zero attached hydrogens (tertiary/aromatic N) is 2. The molecule has 0 aliphatic carbocycles. The summed E-state index contributed by atoms with van der Waals surface area (Å²) < 4.78 is 6.49. The Hall–Kier alpha value is -2.90. The van der Waals surface area contributed by atoms with Gasteiger partial charge in [0, 0.05) is 0 Å². The molecular weight excluding hydrogens is 633 g/mol. The van der Waals surface area contributed by atoms with Crippen LogP contribution in [0.15, 0.2) is 97.1 Å². The normalized spacial score (nSPS) is 11.9. The monoisotopic (exact) mass is 667 g/mol. The van der Waals surface area contributed by atoms with Gasteiger partial charge >= 0.3 is 224 Å². The van der Waals surface area contributed by atoms with Crippen molar-refractivity contribution in [3.8, 4) is 11.3 Å². The molecule has 0 saturated carbocycles. The molecule has 0 unspecified atom stereocenters. The Morgan fingerprint density at radius 2 is 1.22 bits per heavy atom. The third-order valence-electron chi connectivity index (χ3n) is 6.96. The van der Waals surface area contributed by atoms with Crippen LogP contribution in [0.3, 0.4) is 0 Å². The molecule has 3 heteroatoms. The van der Waals surface area contributed by atoms with Gasteiger partial charge < -0.3 is 0 Å². The van der Waals surface area contributed by atoms with Gasteiger partial charge in [0.05, 0.1) is 0 Å². The molecule has 0 aliphatic heterocycles. The Morgan fingerprint density at radius 3 is 1.78 bits per heavy atom. The zero-order valence-corrected chi connectivity index (χ0v) is 25.6. The van der Waals surface area contributed by atoms with Crippen LogP contribution in [0, 0.1) is 13.8 Å². The molecule has 0 fully saturated rings. The van der Waals surface area contributed by atoms with Gasteiger partial charge in [0.25, 0.3) is 0 Å². The number of aromatic nitrogens is 2. The Bertz CT molecular complexity index is 1490. The average Bonchev–Trinajstić information content (AvgIpc) is 2.87. The first kappa shape index (κ1) is 24.8. The Morgan fingerprint density at radius 1 is 0.694 bits per heavy atom. The van der Waals surface area contributed by atoms with Crippen LogP contribution in [0.4, 0.5) is 0 Å². The molecule has 0 saturated heterocycles. The van der Waals surface area contributed by atoms with Crippen LogP contribution in [-0.2, 0) is 12.5 Å². The molecule has 0 bridgehead atoms. The third-order valence-corrected chi connectivity index (χ3v) is 16.9. The second kappa shape index (κ2) is 9.87. The van der Waals surface area contributed by atoms with Crippen molar-refractivity contribution >= 4 is 42.3 Å². The summed E-state index contributed by atoms with van der Waals surface area (Å²) in [6.07, 6.45) is 0. The van der Waals surface area contributed by atoms with Gasteiger partial charge in [-0.3, -0.25) is 0 Å². The van der Waals surface area contributed by atoms with Gasteiger partial charge in [-0.2, -0.15) is 0 Å². The zero-order valence-electron chi connectivity index (χ0n) is 22.1. The molecule has 0 spiro atoms. The van der Waals surface area contributed by atoms with Gasteiger partial charge in [0.1, 0.15) is 0 Å². The van der Waals surface area contributed by atoms with Gasteiger partial charge in [-0.05, 0) is 0 Å².